The highest BCUT2D eigenvalue weighted by molar-refractivity contribution is 7.89. The lowest BCUT2D eigenvalue weighted by molar-refractivity contribution is 0.0514. The van der Waals surface area contributed by atoms with Gasteiger partial charge in [-0.2, -0.15) is 0 Å². The van der Waals surface area contributed by atoms with Crippen LogP contribution in [0.1, 0.15) is 37.7 Å². The van der Waals surface area contributed by atoms with Crippen molar-refractivity contribution in [2.24, 2.45) is 0 Å². The van der Waals surface area contributed by atoms with Crippen LogP contribution in [-0.2, 0) is 14.8 Å². The molecule has 0 aliphatic heterocycles. The summed E-state index contributed by atoms with van der Waals surface area (Å²) in [6.07, 6.45) is 0.645. The van der Waals surface area contributed by atoms with Crippen LogP contribution in [0.3, 0.4) is 0 Å². The molecule has 2 aromatic rings. The van der Waals surface area contributed by atoms with E-state index in [1.165, 1.54) is 25.3 Å². The second-order valence-electron chi connectivity index (χ2n) is 5.59. The van der Waals surface area contributed by atoms with Crippen molar-refractivity contribution in [2.45, 2.75) is 38.1 Å². The number of nitrogens with zero attached hydrogens (tertiary/aromatic N) is 1. The van der Waals surface area contributed by atoms with Crippen LogP contribution in [0.5, 0.6) is 5.75 Å². The van der Waals surface area contributed by atoms with Gasteiger partial charge >= 0.3 is 5.97 Å². The lowest BCUT2D eigenvalue weighted by Crippen LogP contribution is -2.32. The number of carbonyl (C=O) groups is 1. The Kier molecular flexibility index (Phi) is 6.38. The predicted molar refractivity (Wildman–Crippen MR) is 94.5 cm³/mol. The van der Waals surface area contributed by atoms with E-state index in [1.807, 2.05) is 6.92 Å². The molecule has 1 aromatic heterocycles. The van der Waals surface area contributed by atoms with Gasteiger partial charge in [-0.3, -0.25) is 0 Å². The molecule has 0 aliphatic carbocycles. The number of methoxy groups -OCH3 is 1. The summed E-state index contributed by atoms with van der Waals surface area (Å²) in [5, 5.41) is 3.66. The van der Waals surface area contributed by atoms with Crippen molar-refractivity contribution in [1.82, 2.24) is 9.88 Å². The van der Waals surface area contributed by atoms with Crippen LogP contribution >= 0.6 is 0 Å². The molecule has 0 radical (unpaired) electrons. The average Bonchev–Trinajstić information content (AvgIpc) is 3.11. The number of sulfonamides is 1. The molecule has 0 spiro atoms. The number of esters is 1. The molecule has 0 saturated heterocycles. The number of rotatable bonds is 8. The van der Waals surface area contributed by atoms with Gasteiger partial charge in [-0.25, -0.2) is 17.9 Å². The molecule has 26 heavy (non-hydrogen) atoms. The Balaban J connectivity index is 2.42. The molecule has 0 amide bonds. The predicted octanol–water partition coefficient (Wildman–Crippen LogP) is 2.60. The van der Waals surface area contributed by atoms with Gasteiger partial charge in [0.15, 0.2) is 11.5 Å². The third kappa shape index (κ3) is 4.41. The molecule has 1 atom stereocenters. The summed E-state index contributed by atoms with van der Waals surface area (Å²) in [5.41, 5.74) is 0.457. The minimum atomic E-state index is -3.79. The van der Waals surface area contributed by atoms with Crippen LogP contribution in [0.2, 0.25) is 0 Å². The second kappa shape index (κ2) is 8.33. The van der Waals surface area contributed by atoms with Crippen LogP contribution in [-0.4, -0.2) is 39.3 Å². The first-order chi connectivity index (χ1) is 12.3. The number of benzene rings is 1. The number of hydrogen-bond acceptors (Lipinski definition) is 7. The molecular weight excluding hydrogens is 360 g/mol. The average molecular weight is 382 g/mol. The zero-order chi connectivity index (χ0) is 19.3. The van der Waals surface area contributed by atoms with Crippen LogP contribution in [0.25, 0.3) is 11.3 Å². The van der Waals surface area contributed by atoms with Crippen molar-refractivity contribution in [3.63, 3.8) is 0 Å². The summed E-state index contributed by atoms with van der Waals surface area (Å²) in [6.45, 7) is 5.55. The summed E-state index contributed by atoms with van der Waals surface area (Å²) in [7, 11) is -2.40. The fourth-order valence-electron chi connectivity index (χ4n) is 2.16. The summed E-state index contributed by atoms with van der Waals surface area (Å²) < 4.78 is 43.1. The first-order valence-corrected chi connectivity index (χ1v) is 9.65. The Hall–Kier alpha value is -2.39. The van der Waals surface area contributed by atoms with Gasteiger partial charge in [0.05, 0.1) is 13.7 Å². The van der Waals surface area contributed by atoms with Gasteiger partial charge in [0, 0.05) is 17.7 Å². The highest BCUT2D eigenvalue weighted by Gasteiger charge is 2.23. The van der Waals surface area contributed by atoms with Crippen molar-refractivity contribution in [1.29, 1.82) is 0 Å². The quantitative estimate of drug-likeness (QED) is 0.699. The van der Waals surface area contributed by atoms with E-state index in [0.717, 1.165) is 0 Å². The van der Waals surface area contributed by atoms with E-state index in [4.69, 9.17) is 14.0 Å². The highest BCUT2D eigenvalue weighted by atomic mass is 32.2. The van der Waals surface area contributed by atoms with Gasteiger partial charge < -0.3 is 14.0 Å². The topological polar surface area (TPSA) is 108 Å². The third-order valence-electron chi connectivity index (χ3n) is 3.70. The van der Waals surface area contributed by atoms with Gasteiger partial charge in [0.1, 0.15) is 10.6 Å². The number of ether oxygens (including phenoxy) is 2. The monoisotopic (exact) mass is 382 g/mol. The van der Waals surface area contributed by atoms with E-state index >= 15 is 0 Å². The lowest BCUT2D eigenvalue weighted by atomic mass is 10.1. The van der Waals surface area contributed by atoms with Crippen molar-refractivity contribution in [3.05, 3.63) is 30.0 Å². The molecule has 1 N–H and O–H groups in total. The Bertz CT molecular complexity index is 875. The van der Waals surface area contributed by atoms with Crippen LogP contribution in [0.15, 0.2) is 33.7 Å². The molecule has 8 nitrogen and oxygen atoms in total. The Morgan fingerprint density at radius 3 is 2.65 bits per heavy atom. The van der Waals surface area contributed by atoms with Gasteiger partial charge in [0.25, 0.3) is 0 Å². The molecule has 0 saturated carbocycles. The van der Waals surface area contributed by atoms with Gasteiger partial charge in [0.2, 0.25) is 10.0 Å². The van der Waals surface area contributed by atoms with Crippen LogP contribution < -0.4 is 9.46 Å². The fourth-order valence-corrected chi connectivity index (χ4v) is 3.69. The number of carbonyl (C=O) groups excluding carboxylic acids is 1. The van der Waals surface area contributed by atoms with Crippen molar-refractivity contribution in [2.75, 3.05) is 13.7 Å². The Morgan fingerprint density at radius 1 is 1.31 bits per heavy atom. The summed E-state index contributed by atoms with van der Waals surface area (Å²) in [4.78, 5) is 11.7. The van der Waals surface area contributed by atoms with Gasteiger partial charge in [-0.1, -0.05) is 12.1 Å². The molecule has 0 bridgehead atoms. The summed E-state index contributed by atoms with van der Waals surface area (Å²) >= 11 is 0. The fraction of sp³-hybridized carbons (Fsp3) is 0.412. The third-order valence-corrected chi connectivity index (χ3v) is 5.31. The molecule has 2 rings (SSSR count). The van der Waals surface area contributed by atoms with Crippen LogP contribution in [0.4, 0.5) is 0 Å². The second-order valence-corrected chi connectivity index (χ2v) is 7.28. The van der Waals surface area contributed by atoms with E-state index in [0.29, 0.717) is 12.0 Å². The first kappa shape index (κ1) is 19.9. The molecule has 1 heterocycles. The van der Waals surface area contributed by atoms with Gasteiger partial charge in [-0.05, 0) is 38.5 Å². The summed E-state index contributed by atoms with van der Waals surface area (Å²) in [5.74, 6) is -0.160. The summed E-state index contributed by atoms with van der Waals surface area (Å²) in [6, 6.07) is 5.73. The smallest absolute Gasteiger partial charge is 0.360 e. The molecule has 1 aromatic carbocycles. The number of nitrogens with one attached hydrogen (secondary N) is 1. The molecule has 142 valence electrons. The number of aromatic nitrogens is 1. The van der Waals surface area contributed by atoms with Crippen molar-refractivity contribution in [3.8, 4) is 17.1 Å². The SMILES string of the molecule is CCOC(=O)c1cc(-c2ccc(OC)c(S(=O)(=O)N[C@@H](C)CC)c2)on1. The van der Waals surface area contributed by atoms with E-state index in [1.54, 1.807) is 19.9 Å². The zero-order valence-corrected chi connectivity index (χ0v) is 15.9. The van der Waals surface area contributed by atoms with E-state index in [-0.39, 0.29) is 34.7 Å². The maximum atomic E-state index is 12.7. The minimum absolute atomic E-state index is 0.0137. The van der Waals surface area contributed by atoms with Crippen LogP contribution in [0, 0.1) is 0 Å². The molecular formula is C17H22N2O6S. The molecule has 0 unspecified atom stereocenters. The highest BCUT2D eigenvalue weighted by Crippen LogP contribution is 2.30. The van der Waals surface area contributed by atoms with Crippen molar-refractivity contribution >= 4 is 16.0 Å². The minimum Gasteiger partial charge on any atom is -0.495 e. The molecule has 0 aliphatic rings. The van der Waals surface area contributed by atoms with E-state index < -0.39 is 16.0 Å². The first-order valence-electron chi connectivity index (χ1n) is 8.17. The van der Waals surface area contributed by atoms with Gasteiger partial charge in [-0.15, -0.1) is 0 Å². The standard InChI is InChI=1S/C17H22N2O6S/c1-5-11(3)19-26(21,22)16-9-12(7-8-14(16)23-4)15-10-13(18-25-15)17(20)24-6-2/h7-11,19H,5-6H2,1-4H3/t11-/m0/s1. The van der Waals surface area contributed by atoms with Crippen molar-refractivity contribution < 1.29 is 27.2 Å². The van der Waals surface area contributed by atoms with E-state index in [9.17, 15) is 13.2 Å². The largest absolute Gasteiger partial charge is 0.495 e. The maximum absolute atomic E-state index is 12.7. The zero-order valence-electron chi connectivity index (χ0n) is 15.1. The number of hydrogen-bond donors (Lipinski definition) is 1. The normalized spacial score (nSPS) is 12.6. The van der Waals surface area contributed by atoms with E-state index in [2.05, 4.69) is 9.88 Å². The molecule has 9 heteroatoms. The maximum Gasteiger partial charge on any atom is 0.360 e. The lowest BCUT2D eigenvalue weighted by Gasteiger charge is -2.15. The molecule has 0 fully saturated rings. The Labute approximate surface area is 152 Å². The Morgan fingerprint density at radius 2 is 2.04 bits per heavy atom.